The van der Waals surface area contributed by atoms with Crippen molar-refractivity contribution in [3.63, 3.8) is 0 Å². The zero-order valence-corrected chi connectivity index (χ0v) is 31.5. The number of benzene rings is 6. The van der Waals surface area contributed by atoms with Gasteiger partial charge in [0.05, 0.1) is 55.8 Å². The van der Waals surface area contributed by atoms with Gasteiger partial charge in [0.1, 0.15) is 0 Å². The highest BCUT2D eigenvalue weighted by Crippen LogP contribution is 2.44. The lowest BCUT2D eigenvalue weighted by molar-refractivity contribution is -0.144. The lowest BCUT2D eigenvalue weighted by Crippen LogP contribution is -2.29. The number of imide groups is 1. The summed E-state index contributed by atoms with van der Waals surface area (Å²) in [5.41, 5.74) is -7.13. The average molecular weight is 857 g/mol. The molecule has 0 bridgehead atoms. The van der Waals surface area contributed by atoms with Crippen LogP contribution in [0.15, 0.2) is 121 Å². The third-order valence-electron chi connectivity index (χ3n) is 9.76. The number of nitrogens with zero attached hydrogens (tertiary/aromatic N) is 2. The third-order valence-corrected chi connectivity index (χ3v) is 9.76. The van der Waals surface area contributed by atoms with Crippen LogP contribution in [0, 0.1) is 0 Å². The van der Waals surface area contributed by atoms with Gasteiger partial charge in [-0.15, -0.1) is 0 Å². The molecule has 2 amide bonds. The van der Waals surface area contributed by atoms with Crippen molar-refractivity contribution in [2.45, 2.75) is 45.0 Å². The maximum absolute atomic E-state index is 14.0. The Hall–Kier alpha value is -6.58. The maximum atomic E-state index is 14.0. The lowest BCUT2D eigenvalue weighted by Gasteiger charge is -2.15. The summed E-state index contributed by atoms with van der Waals surface area (Å²) in [4.78, 5) is 28.6. The molecule has 1 aliphatic heterocycles. The Kier molecular flexibility index (Phi) is 10.6. The summed E-state index contributed by atoms with van der Waals surface area (Å²) in [6.07, 6.45) is -19.5. The van der Waals surface area contributed by atoms with E-state index in [1.807, 2.05) is 0 Å². The highest BCUT2D eigenvalue weighted by atomic mass is 19.4. The molecule has 61 heavy (non-hydrogen) atoms. The number of alkyl halides is 12. The van der Waals surface area contributed by atoms with E-state index in [1.165, 1.54) is 77.7 Å². The first-order valence-electron chi connectivity index (χ1n) is 18.3. The lowest BCUT2D eigenvalue weighted by atomic mass is 9.96. The minimum absolute atomic E-state index is 0.0121. The average Bonchev–Trinajstić information content (AvgIpc) is 3.66. The van der Waals surface area contributed by atoms with Crippen LogP contribution in [-0.4, -0.2) is 16.4 Å². The number of anilines is 1. The molecule has 0 aliphatic carbocycles. The van der Waals surface area contributed by atoms with Crippen molar-refractivity contribution in [2.75, 3.05) is 4.90 Å². The van der Waals surface area contributed by atoms with Crippen molar-refractivity contribution in [1.29, 1.82) is 0 Å². The molecule has 0 fully saturated rings. The van der Waals surface area contributed by atoms with Crippen molar-refractivity contribution in [3.05, 3.63) is 155 Å². The first-order valence-corrected chi connectivity index (χ1v) is 18.3. The minimum Gasteiger partial charge on any atom is -0.308 e. The molecule has 0 saturated carbocycles. The van der Waals surface area contributed by atoms with E-state index >= 15 is 0 Å². The van der Waals surface area contributed by atoms with Gasteiger partial charge in [-0.25, -0.2) is 4.90 Å². The van der Waals surface area contributed by atoms with Crippen LogP contribution in [0.4, 0.5) is 58.4 Å². The molecule has 0 spiro atoms. The molecule has 6 aromatic carbocycles. The van der Waals surface area contributed by atoms with Crippen LogP contribution in [-0.2, 0) is 24.7 Å². The van der Waals surface area contributed by atoms with Crippen LogP contribution >= 0.6 is 0 Å². The smallest absolute Gasteiger partial charge is 0.308 e. The summed E-state index contributed by atoms with van der Waals surface area (Å²) in [7, 11) is 0. The molecule has 314 valence electrons. The Morgan fingerprint density at radius 2 is 0.852 bits per heavy atom. The van der Waals surface area contributed by atoms with Crippen molar-refractivity contribution >= 4 is 39.3 Å². The highest BCUT2D eigenvalue weighted by molar-refractivity contribution is 6.35. The van der Waals surface area contributed by atoms with E-state index < -0.39 is 69.9 Å². The molecule has 0 unspecified atom stereocenters. The van der Waals surface area contributed by atoms with Gasteiger partial charge in [0.25, 0.3) is 11.8 Å². The molecule has 0 saturated heterocycles. The molecule has 0 radical (unpaired) electrons. The highest BCUT2D eigenvalue weighted by Gasteiger charge is 2.41. The van der Waals surface area contributed by atoms with Gasteiger partial charge in [-0.05, 0) is 107 Å². The zero-order valence-electron chi connectivity index (χ0n) is 31.5. The van der Waals surface area contributed by atoms with Gasteiger partial charge in [0.15, 0.2) is 0 Å². The molecule has 16 heteroatoms. The number of halogens is 12. The molecular formula is C45H28F12N2O2. The van der Waals surface area contributed by atoms with Gasteiger partial charge >= 0.3 is 24.7 Å². The molecule has 4 nitrogen and oxygen atoms in total. The molecule has 1 aromatic heterocycles. The fourth-order valence-corrected chi connectivity index (χ4v) is 7.15. The SMILES string of the molecule is CCC.O=C1c2cccc(-n3c4ccc(-c5cc(C(F)(F)F)cc(C(F)(F)F)c5)cc4c4cc(-c5cc(C(F)(F)F)cc(C(F)(F)F)c5)ccc43)c2C(=O)N1c1ccccc1. The molecule has 7 aromatic rings. The summed E-state index contributed by atoms with van der Waals surface area (Å²) in [5, 5.41) is 0.162. The van der Waals surface area contributed by atoms with Crippen LogP contribution in [0.2, 0.25) is 0 Å². The number of aromatic nitrogens is 1. The quantitative estimate of drug-likeness (QED) is 0.131. The minimum atomic E-state index is -5.18. The van der Waals surface area contributed by atoms with E-state index in [4.69, 9.17) is 0 Å². The summed E-state index contributed by atoms with van der Waals surface area (Å²) in [6, 6.07) is 21.8. The van der Waals surface area contributed by atoms with E-state index in [-0.39, 0.29) is 67.6 Å². The van der Waals surface area contributed by atoms with Crippen LogP contribution in [0.3, 0.4) is 0 Å². The van der Waals surface area contributed by atoms with Gasteiger partial charge in [-0.2, -0.15) is 52.7 Å². The third kappa shape index (κ3) is 7.93. The van der Waals surface area contributed by atoms with Crippen molar-refractivity contribution in [3.8, 4) is 27.9 Å². The van der Waals surface area contributed by atoms with E-state index in [2.05, 4.69) is 13.8 Å². The fraction of sp³-hybridized carbons (Fsp3) is 0.156. The normalized spacial score (nSPS) is 13.5. The first-order chi connectivity index (χ1) is 28.5. The Labute approximate surface area is 338 Å². The number of para-hydroxylation sites is 1. The standard InChI is InChI=1S/C42H20F12N2O2.C3H8/c43-39(44,45)25-13-23(14-26(19-25)40(46,47)48)21-9-11-33-31(17-21)32-18-22(24-15-27(41(49,50)51)20-28(16-24)42(52,53)54)10-12-34(32)56(33)35-8-4-7-30-36(35)38(58)55(37(30)57)29-5-2-1-3-6-29;1-3-2/h1-20H;3H2,1-2H3. The van der Waals surface area contributed by atoms with E-state index in [0.29, 0.717) is 24.3 Å². The van der Waals surface area contributed by atoms with Crippen molar-refractivity contribution in [2.24, 2.45) is 0 Å². The molecule has 0 N–H and O–H groups in total. The van der Waals surface area contributed by atoms with Gasteiger partial charge in [0, 0.05) is 10.8 Å². The van der Waals surface area contributed by atoms with Crippen LogP contribution in [0.25, 0.3) is 49.7 Å². The second-order valence-corrected chi connectivity index (χ2v) is 14.1. The molecule has 2 heterocycles. The van der Waals surface area contributed by atoms with Gasteiger partial charge in [-0.1, -0.05) is 56.7 Å². The van der Waals surface area contributed by atoms with E-state index in [0.717, 1.165) is 4.90 Å². The number of carbonyl (C=O) groups is 2. The number of fused-ring (bicyclic) bond motifs is 4. The van der Waals surface area contributed by atoms with Crippen LogP contribution in [0.1, 0.15) is 63.2 Å². The molecule has 1 aliphatic rings. The van der Waals surface area contributed by atoms with Crippen molar-refractivity contribution in [1.82, 2.24) is 4.57 Å². The maximum Gasteiger partial charge on any atom is 0.416 e. The number of rotatable bonds is 4. The summed E-state index contributed by atoms with van der Waals surface area (Å²) in [6.45, 7) is 4.25. The van der Waals surface area contributed by atoms with E-state index in [9.17, 15) is 62.3 Å². The molecular weight excluding hydrogens is 828 g/mol. The predicted molar refractivity (Wildman–Crippen MR) is 205 cm³/mol. The molecule has 8 rings (SSSR count). The number of hydrogen-bond acceptors (Lipinski definition) is 2. The number of hydrogen-bond donors (Lipinski definition) is 0. The second kappa shape index (κ2) is 15.2. The summed E-state index contributed by atoms with van der Waals surface area (Å²) >= 11 is 0. The second-order valence-electron chi connectivity index (χ2n) is 14.1. The Balaban J connectivity index is 0.00000182. The molecule has 0 atom stereocenters. The number of amides is 2. The van der Waals surface area contributed by atoms with Gasteiger partial charge in [-0.3, -0.25) is 9.59 Å². The fourth-order valence-electron chi connectivity index (χ4n) is 7.15. The Morgan fingerprint density at radius 3 is 1.25 bits per heavy atom. The summed E-state index contributed by atoms with van der Waals surface area (Å²) in [5.74, 6) is -1.41. The topological polar surface area (TPSA) is 42.3 Å². The zero-order chi connectivity index (χ0) is 44.4. The Bertz CT molecular complexity index is 2650. The monoisotopic (exact) mass is 856 g/mol. The van der Waals surface area contributed by atoms with Gasteiger partial charge in [0.2, 0.25) is 0 Å². The largest absolute Gasteiger partial charge is 0.416 e. The van der Waals surface area contributed by atoms with Crippen LogP contribution in [0.5, 0.6) is 0 Å². The number of carbonyl (C=O) groups excluding carboxylic acids is 2. The van der Waals surface area contributed by atoms with E-state index in [1.54, 1.807) is 18.2 Å². The van der Waals surface area contributed by atoms with Crippen molar-refractivity contribution < 1.29 is 62.3 Å². The first kappa shape index (κ1) is 42.5. The van der Waals surface area contributed by atoms with Gasteiger partial charge < -0.3 is 4.57 Å². The Morgan fingerprint density at radius 1 is 0.443 bits per heavy atom. The predicted octanol–water partition coefficient (Wildman–Crippen LogP) is 14.4. The summed E-state index contributed by atoms with van der Waals surface area (Å²) < 4.78 is 168. The van der Waals surface area contributed by atoms with Crippen LogP contribution < -0.4 is 4.90 Å².